The molecule has 26 heavy (non-hydrogen) atoms. The van der Waals surface area contributed by atoms with Crippen LogP contribution in [0.3, 0.4) is 0 Å². The summed E-state index contributed by atoms with van der Waals surface area (Å²) in [6.07, 6.45) is 2.87. The molecule has 1 saturated carbocycles. The zero-order valence-corrected chi connectivity index (χ0v) is 16.2. The highest BCUT2D eigenvalue weighted by atomic mass is 32.2. The molecule has 2 amide bonds. The van der Waals surface area contributed by atoms with Gasteiger partial charge in [-0.2, -0.15) is 0 Å². The van der Waals surface area contributed by atoms with E-state index in [4.69, 9.17) is 0 Å². The van der Waals surface area contributed by atoms with Crippen molar-refractivity contribution in [1.82, 2.24) is 10.2 Å². The lowest BCUT2D eigenvalue weighted by Crippen LogP contribution is -2.46. The summed E-state index contributed by atoms with van der Waals surface area (Å²) in [5.74, 6) is -0.499. The molecule has 1 N–H and O–H groups in total. The molecule has 1 saturated heterocycles. The molecular weight excluding hydrogens is 352 g/mol. The molecule has 0 atom stereocenters. The van der Waals surface area contributed by atoms with Gasteiger partial charge < -0.3 is 10.2 Å². The van der Waals surface area contributed by atoms with Crippen molar-refractivity contribution >= 4 is 21.7 Å². The van der Waals surface area contributed by atoms with Gasteiger partial charge in [-0.05, 0) is 45.2 Å². The van der Waals surface area contributed by atoms with Crippen molar-refractivity contribution in [3.63, 3.8) is 0 Å². The lowest BCUT2D eigenvalue weighted by molar-refractivity contribution is -0.129. The van der Waals surface area contributed by atoms with Gasteiger partial charge in [0.1, 0.15) is 0 Å². The molecule has 1 heterocycles. The fourth-order valence-corrected chi connectivity index (χ4v) is 6.12. The summed E-state index contributed by atoms with van der Waals surface area (Å²) in [6, 6.07) is 5.55. The highest BCUT2D eigenvalue weighted by Gasteiger charge is 2.49. The number of carbonyl (C=O) groups is 2. The number of carbonyl (C=O) groups excluding carboxylic acids is 2. The molecule has 1 aliphatic carbocycles. The minimum atomic E-state index is -3.15. The maximum absolute atomic E-state index is 12.5. The van der Waals surface area contributed by atoms with E-state index in [2.05, 4.69) is 5.32 Å². The quantitative estimate of drug-likeness (QED) is 0.866. The summed E-state index contributed by atoms with van der Waals surface area (Å²) in [5, 5.41) is 2.66. The summed E-state index contributed by atoms with van der Waals surface area (Å²) in [5.41, 5.74) is 2.51. The summed E-state index contributed by atoms with van der Waals surface area (Å²) < 4.78 is 24.4. The van der Waals surface area contributed by atoms with Gasteiger partial charge in [-0.25, -0.2) is 8.42 Å². The van der Waals surface area contributed by atoms with Gasteiger partial charge in [-0.3, -0.25) is 9.59 Å². The van der Waals surface area contributed by atoms with Crippen LogP contribution >= 0.6 is 0 Å². The number of rotatable bonds is 3. The summed E-state index contributed by atoms with van der Waals surface area (Å²) in [6.45, 7) is 4.38. The van der Waals surface area contributed by atoms with Crippen LogP contribution in [0.15, 0.2) is 18.2 Å². The predicted molar refractivity (Wildman–Crippen MR) is 99.8 cm³/mol. The maximum Gasteiger partial charge on any atom is 0.251 e. The average molecular weight is 378 g/mol. The van der Waals surface area contributed by atoms with Crippen molar-refractivity contribution in [2.45, 2.75) is 44.3 Å². The van der Waals surface area contributed by atoms with E-state index < -0.39 is 14.6 Å². The van der Waals surface area contributed by atoms with Crippen LogP contribution < -0.4 is 5.32 Å². The van der Waals surface area contributed by atoms with E-state index in [1.165, 1.54) is 0 Å². The number of benzene rings is 1. The molecule has 1 aromatic carbocycles. The Morgan fingerprint density at radius 3 is 2.31 bits per heavy atom. The minimum Gasteiger partial charge on any atom is -0.343 e. The summed E-state index contributed by atoms with van der Waals surface area (Å²) >= 11 is 0. The fourth-order valence-electron chi connectivity index (χ4n) is 3.91. The molecule has 7 heteroatoms. The molecule has 3 rings (SSSR count). The number of aryl methyl sites for hydroxylation is 2. The second kappa shape index (κ2) is 7.02. The van der Waals surface area contributed by atoms with E-state index in [0.717, 1.165) is 17.5 Å². The van der Waals surface area contributed by atoms with Gasteiger partial charge >= 0.3 is 0 Å². The Balaban J connectivity index is 1.59. The molecular formula is C19H26N2O4S. The number of sulfone groups is 1. The Morgan fingerprint density at radius 1 is 1.08 bits per heavy atom. The number of hydrogen-bond donors (Lipinski definition) is 1. The van der Waals surface area contributed by atoms with Crippen molar-refractivity contribution in [2.24, 2.45) is 0 Å². The third kappa shape index (κ3) is 3.63. The van der Waals surface area contributed by atoms with Gasteiger partial charge in [-0.1, -0.05) is 23.6 Å². The minimum absolute atomic E-state index is 0.0176. The SMILES string of the molecule is Cc1cc(C)cc(C(=O)NCC(=O)N2CCC3(CCC3)S(=O)(=O)CC2)c1. The molecule has 2 aliphatic rings. The van der Waals surface area contributed by atoms with Crippen molar-refractivity contribution in [3.05, 3.63) is 34.9 Å². The molecule has 2 fully saturated rings. The van der Waals surface area contributed by atoms with Crippen molar-refractivity contribution in [3.8, 4) is 0 Å². The standard InChI is InChI=1S/C19H26N2O4S/c1-14-10-15(2)12-16(11-14)18(23)20-13-17(22)21-7-6-19(4-3-5-19)26(24,25)9-8-21/h10-12H,3-9,13H2,1-2H3,(H,20,23). The first-order valence-corrected chi connectivity index (χ1v) is 10.7. The maximum atomic E-state index is 12.5. The number of nitrogens with zero attached hydrogens (tertiary/aromatic N) is 1. The van der Waals surface area contributed by atoms with Crippen molar-refractivity contribution < 1.29 is 18.0 Å². The molecule has 0 radical (unpaired) electrons. The molecule has 1 spiro atoms. The second-order valence-electron chi connectivity index (χ2n) is 7.55. The van der Waals surface area contributed by atoms with Crippen LogP contribution in [0, 0.1) is 13.8 Å². The van der Waals surface area contributed by atoms with E-state index in [0.29, 0.717) is 31.4 Å². The van der Waals surface area contributed by atoms with Gasteiger partial charge in [0.25, 0.3) is 5.91 Å². The van der Waals surface area contributed by atoms with E-state index in [9.17, 15) is 18.0 Å². The first kappa shape index (κ1) is 18.9. The predicted octanol–water partition coefficient (Wildman–Crippen LogP) is 1.60. The van der Waals surface area contributed by atoms with E-state index in [1.807, 2.05) is 19.9 Å². The average Bonchev–Trinajstić information content (AvgIpc) is 2.66. The Kier molecular flexibility index (Phi) is 5.10. The van der Waals surface area contributed by atoms with Gasteiger partial charge in [0.05, 0.1) is 17.0 Å². The van der Waals surface area contributed by atoms with Crippen molar-refractivity contribution in [1.29, 1.82) is 0 Å². The topological polar surface area (TPSA) is 83.6 Å². The van der Waals surface area contributed by atoms with Gasteiger partial charge in [0.2, 0.25) is 5.91 Å². The first-order valence-electron chi connectivity index (χ1n) is 9.09. The number of hydrogen-bond acceptors (Lipinski definition) is 4. The van der Waals surface area contributed by atoms with Crippen molar-refractivity contribution in [2.75, 3.05) is 25.4 Å². The smallest absolute Gasteiger partial charge is 0.251 e. The van der Waals surface area contributed by atoms with Crippen LogP contribution in [-0.4, -0.2) is 55.3 Å². The van der Waals surface area contributed by atoms with Gasteiger partial charge in [0, 0.05) is 18.7 Å². The van der Waals surface area contributed by atoms with Crippen LogP contribution in [0.4, 0.5) is 0 Å². The molecule has 0 unspecified atom stereocenters. The zero-order chi connectivity index (χ0) is 18.9. The zero-order valence-electron chi connectivity index (χ0n) is 15.4. The third-order valence-corrected chi connectivity index (χ3v) is 8.28. The van der Waals surface area contributed by atoms with E-state index in [-0.39, 0.29) is 30.7 Å². The van der Waals surface area contributed by atoms with Gasteiger partial charge in [-0.15, -0.1) is 0 Å². The molecule has 1 aliphatic heterocycles. The van der Waals surface area contributed by atoms with Gasteiger partial charge in [0.15, 0.2) is 9.84 Å². The number of amides is 2. The van der Waals surface area contributed by atoms with Crippen LogP contribution in [0.1, 0.15) is 47.2 Å². The number of nitrogens with one attached hydrogen (secondary N) is 1. The van der Waals surface area contributed by atoms with E-state index in [1.54, 1.807) is 17.0 Å². The third-order valence-electron chi connectivity index (χ3n) is 5.63. The molecule has 6 nitrogen and oxygen atoms in total. The Morgan fingerprint density at radius 2 is 1.73 bits per heavy atom. The highest BCUT2D eigenvalue weighted by Crippen LogP contribution is 2.43. The van der Waals surface area contributed by atoms with Crippen LogP contribution in [0.5, 0.6) is 0 Å². The first-order chi connectivity index (χ1) is 12.2. The normalized spacial score (nSPS) is 20.9. The Bertz CT molecular complexity index is 808. The summed E-state index contributed by atoms with van der Waals surface area (Å²) in [4.78, 5) is 26.3. The molecule has 0 aromatic heterocycles. The van der Waals surface area contributed by atoms with E-state index >= 15 is 0 Å². The van der Waals surface area contributed by atoms with Crippen LogP contribution in [-0.2, 0) is 14.6 Å². The monoisotopic (exact) mass is 378 g/mol. The molecule has 1 aromatic rings. The second-order valence-corrected chi connectivity index (χ2v) is 10.0. The lowest BCUT2D eigenvalue weighted by atomic mass is 9.81. The molecule has 142 valence electrons. The summed E-state index contributed by atoms with van der Waals surface area (Å²) in [7, 11) is -3.15. The Labute approximate surface area is 154 Å². The fraction of sp³-hybridized carbons (Fsp3) is 0.579. The van der Waals surface area contributed by atoms with Crippen LogP contribution in [0.25, 0.3) is 0 Å². The lowest BCUT2D eigenvalue weighted by Gasteiger charge is -2.39. The Hall–Kier alpha value is -1.89. The molecule has 0 bridgehead atoms. The largest absolute Gasteiger partial charge is 0.343 e. The van der Waals surface area contributed by atoms with Crippen LogP contribution in [0.2, 0.25) is 0 Å². The highest BCUT2D eigenvalue weighted by molar-refractivity contribution is 7.92.